The van der Waals surface area contributed by atoms with E-state index in [2.05, 4.69) is 49.9 Å². The molecule has 0 aliphatic rings. The highest BCUT2D eigenvalue weighted by Crippen LogP contribution is 2.17. The average molecular weight is 295 g/mol. The summed E-state index contributed by atoms with van der Waals surface area (Å²) in [5, 5.41) is 3.41. The van der Waals surface area contributed by atoms with Crippen LogP contribution in [0.3, 0.4) is 0 Å². The second-order valence-electron chi connectivity index (χ2n) is 5.46. The Morgan fingerprint density at radius 3 is 2.35 bits per heavy atom. The summed E-state index contributed by atoms with van der Waals surface area (Å²) in [5.74, 6) is 3.73. The molecular weight excluding hydrogens is 266 g/mol. The molecule has 3 nitrogen and oxygen atoms in total. The highest BCUT2D eigenvalue weighted by molar-refractivity contribution is 7.98. The van der Waals surface area contributed by atoms with E-state index >= 15 is 0 Å². The third-order valence-electron chi connectivity index (χ3n) is 3.34. The van der Waals surface area contributed by atoms with Gasteiger partial charge in [-0.05, 0) is 57.0 Å². The average Bonchev–Trinajstić information content (AvgIpc) is 2.41. The standard InChI is InChI=1S/C16H29N3S/c1-6-8-20-11-16-18-13(4)15(14(5)19-16)9-12(3)10-17-7-2/h12,17H,6-11H2,1-5H3. The Morgan fingerprint density at radius 2 is 1.80 bits per heavy atom. The molecule has 114 valence electrons. The summed E-state index contributed by atoms with van der Waals surface area (Å²) in [4.78, 5) is 9.37. The van der Waals surface area contributed by atoms with Crippen LogP contribution in [0.4, 0.5) is 0 Å². The lowest BCUT2D eigenvalue weighted by molar-refractivity contribution is 0.517. The van der Waals surface area contributed by atoms with Gasteiger partial charge in [0.2, 0.25) is 0 Å². The SMILES string of the molecule is CCCSCc1nc(C)c(CC(C)CNCC)c(C)n1. The lowest BCUT2D eigenvalue weighted by atomic mass is 9.98. The molecule has 0 amide bonds. The van der Waals surface area contributed by atoms with Crippen LogP contribution >= 0.6 is 11.8 Å². The van der Waals surface area contributed by atoms with Crippen molar-refractivity contribution in [3.63, 3.8) is 0 Å². The second kappa shape index (κ2) is 9.35. The van der Waals surface area contributed by atoms with Crippen LogP contribution in [0, 0.1) is 19.8 Å². The normalized spacial score (nSPS) is 12.7. The minimum Gasteiger partial charge on any atom is -0.317 e. The molecule has 4 heteroatoms. The maximum Gasteiger partial charge on any atom is 0.138 e. The number of aryl methyl sites for hydroxylation is 2. The zero-order valence-corrected chi connectivity index (χ0v) is 14.4. The van der Waals surface area contributed by atoms with Crippen molar-refractivity contribution >= 4 is 11.8 Å². The predicted molar refractivity (Wildman–Crippen MR) is 89.4 cm³/mol. The number of hydrogen-bond donors (Lipinski definition) is 1. The molecule has 1 rings (SSSR count). The molecule has 0 saturated carbocycles. The van der Waals surface area contributed by atoms with Gasteiger partial charge in [-0.1, -0.05) is 20.8 Å². The molecule has 0 aliphatic heterocycles. The molecule has 1 atom stereocenters. The maximum atomic E-state index is 4.69. The van der Waals surface area contributed by atoms with Crippen molar-refractivity contribution in [3.8, 4) is 0 Å². The first-order valence-corrected chi connectivity index (χ1v) is 8.85. The number of aromatic nitrogens is 2. The summed E-state index contributed by atoms with van der Waals surface area (Å²) in [6.07, 6.45) is 2.27. The van der Waals surface area contributed by atoms with E-state index in [9.17, 15) is 0 Å². The molecule has 0 bridgehead atoms. The van der Waals surface area contributed by atoms with Crippen LogP contribution in [0.2, 0.25) is 0 Å². The second-order valence-corrected chi connectivity index (χ2v) is 6.56. The van der Waals surface area contributed by atoms with Crippen molar-refractivity contribution in [1.29, 1.82) is 0 Å². The number of nitrogens with one attached hydrogen (secondary N) is 1. The summed E-state index contributed by atoms with van der Waals surface area (Å²) in [6.45, 7) is 13.0. The molecule has 0 spiro atoms. The van der Waals surface area contributed by atoms with Crippen molar-refractivity contribution < 1.29 is 0 Å². The fraction of sp³-hybridized carbons (Fsp3) is 0.750. The maximum absolute atomic E-state index is 4.69. The van der Waals surface area contributed by atoms with Gasteiger partial charge < -0.3 is 5.32 Å². The smallest absolute Gasteiger partial charge is 0.138 e. The molecule has 0 saturated heterocycles. The van der Waals surface area contributed by atoms with Gasteiger partial charge in [0, 0.05) is 11.4 Å². The molecule has 0 aliphatic carbocycles. The molecule has 0 fully saturated rings. The first-order valence-electron chi connectivity index (χ1n) is 7.69. The molecule has 1 aromatic heterocycles. The van der Waals surface area contributed by atoms with Gasteiger partial charge in [-0.15, -0.1) is 0 Å². The van der Waals surface area contributed by atoms with Crippen LogP contribution in [0.5, 0.6) is 0 Å². The summed E-state index contributed by atoms with van der Waals surface area (Å²) in [5.41, 5.74) is 3.65. The number of hydrogen-bond acceptors (Lipinski definition) is 4. The predicted octanol–water partition coefficient (Wildman–Crippen LogP) is 3.52. The van der Waals surface area contributed by atoms with Crippen LogP contribution in [0.25, 0.3) is 0 Å². The zero-order chi connectivity index (χ0) is 15.0. The Hall–Kier alpha value is -0.610. The van der Waals surface area contributed by atoms with E-state index in [1.807, 2.05) is 11.8 Å². The zero-order valence-electron chi connectivity index (χ0n) is 13.6. The number of thioether (sulfide) groups is 1. The fourth-order valence-electron chi connectivity index (χ4n) is 2.29. The lowest BCUT2D eigenvalue weighted by Gasteiger charge is -2.16. The minimum atomic E-state index is 0.622. The molecule has 1 N–H and O–H groups in total. The molecule has 0 radical (unpaired) electrons. The van der Waals surface area contributed by atoms with E-state index in [1.165, 1.54) is 17.7 Å². The molecule has 1 aromatic rings. The van der Waals surface area contributed by atoms with E-state index in [1.54, 1.807) is 0 Å². The lowest BCUT2D eigenvalue weighted by Crippen LogP contribution is -2.22. The first-order chi connectivity index (χ1) is 9.58. The third-order valence-corrected chi connectivity index (χ3v) is 4.50. The quantitative estimate of drug-likeness (QED) is 0.707. The highest BCUT2D eigenvalue weighted by Gasteiger charge is 2.12. The van der Waals surface area contributed by atoms with Crippen molar-refractivity contribution in [2.45, 2.75) is 53.2 Å². The number of nitrogens with zero attached hydrogens (tertiary/aromatic N) is 2. The van der Waals surface area contributed by atoms with Gasteiger partial charge in [-0.25, -0.2) is 9.97 Å². The fourth-order valence-corrected chi connectivity index (χ4v) is 3.03. The molecular formula is C16H29N3S. The van der Waals surface area contributed by atoms with Crippen LogP contribution in [0.15, 0.2) is 0 Å². The van der Waals surface area contributed by atoms with Crippen LogP contribution < -0.4 is 5.32 Å². The van der Waals surface area contributed by atoms with Gasteiger partial charge in [0.05, 0.1) is 5.75 Å². The van der Waals surface area contributed by atoms with Gasteiger partial charge in [0.1, 0.15) is 5.82 Å². The van der Waals surface area contributed by atoms with E-state index < -0.39 is 0 Å². The van der Waals surface area contributed by atoms with Gasteiger partial charge in [0.15, 0.2) is 0 Å². The van der Waals surface area contributed by atoms with E-state index in [-0.39, 0.29) is 0 Å². The van der Waals surface area contributed by atoms with Crippen molar-refractivity contribution in [2.24, 2.45) is 5.92 Å². The highest BCUT2D eigenvalue weighted by atomic mass is 32.2. The summed E-state index contributed by atoms with van der Waals surface area (Å²) in [6, 6.07) is 0. The largest absolute Gasteiger partial charge is 0.317 e. The molecule has 0 aromatic carbocycles. The van der Waals surface area contributed by atoms with Crippen LogP contribution in [0.1, 0.15) is 50.0 Å². The van der Waals surface area contributed by atoms with Crippen LogP contribution in [-0.2, 0) is 12.2 Å². The van der Waals surface area contributed by atoms with Gasteiger partial charge >= 0.3 is 0 Å². The van der Waals surface area contributed by atoms with Crippen molar-refractivity contribution in [1.82, 2.24) is 15.3 Å². The summed E-state index contributed by atoms with van der Waals surface area (Å²) < 4.78 is 0. The van der Waals surface area contributed by atoms with Crippen molar-refractivity contribution in [2.75, 3.05) is 18.8 Å². The Labute approximate surface area is 128 Å². The van der Waals surface area contributed by atoms with E-state index in [0.717, 1.165) is 42.5 Å². The minimum absolute atomic E-state index is 0.622. The summed E-state index contributed by atoms with van der Waals surface area (Å²) >= 11 is 1.92. The van der Waals surface area contributed by atoms with Crippen LogP contribution in [-0.4, -0.2) is 28.8 Å². The Bertz CT molecular complexity index is 384. The third kappa shape index (κ3) is 5.80. The van der Waals surface area contributed by atoms with E-state index in [0.29, 0.717) is 5.92 Å². The monoisotopic (exact) mass is 295 g/mol. The Morgan fingerprint density at radius 1 is 1.15 bits per heavy atom. The Kier molecular flexibility index (Phi) is 8.15. The molecule has 1 heterocycles. The number of rotatable bonds is 9. The summed E-state index contributed by atoms with van der Waals surface area (Å²) in [7, 11) is 0. The van der Waals surface area contributed by atoms with E-state index in [4.69, 9.17) is 0 Å². The van der Waals surface area contributed by atoms with Gasteiger partial charge in [0.25, 0.3) is 0 Å². The van der Waals surface area contributed by atoms with Gasteiger partial charge in [-0.3, -0.25) is 0 Å². The topological polar surface area (TPSA) is 37.8 Å². The molecule has 20 heavy (non-hydrogen) atoms. The first kappa shape index (κ1) is 17.4. The Balaban J connectivity index is 2.68. The van der Waals surface area contributed by atoms with Gasteiger partial charge in [-0.2, -0.15) is 11.8 Å². The molecule has 1 unspecified atom stereocenters. The van der Waals surface area contributed by atoms with Crippen molar-refractivity contribution in [3.05, 3.63) is 22.8 Å².